The molecule has 1 aliphatic heterocycles. The van der Waals surface area contributed by atoms with Gasteiger partial charge in [0, 0.05) is 19.2 Å². The van der Waals surface area contributed by atoms with Crippen LogP contribution >= 0.6 is 0 Å². The molecule has 116 valence electrons. The molecule has 0 spiro atoms. The molecule has 7 nitrogen and oxygen atoms in total. The van der Waals surface area contributed by atoms with Crippen LogP contribution in [0.15, 0.2) is 12.1 Å². The fourth-order valence-corrected chi connectivity index (χ4v) is 2.68. The molecule has 1 heterocycles. The molecule has 1 atom stereocenters. The number of piperidine rings is 1. The van der Waals surface area contributed by atoms with Crippen molar-refractivity contribution in [3.63, 3.8) is 0 Å². The topological polar surface area (TPSA) is 85.1 Å². The molecule has 7 heteroatoms. The Hall–Kier alpha value is -2.02. The molecule has 1 aromatic rings. The second-order valence-electron chi connectivity index (χ2n) is 5.48. The highest BCUT2D eigenvalue weighted by Crippen LogP contribution is 2.41. The van der Waals surface area contributed by atoms with E-state index in [1.807, 2.05) is 4.90 Å². The summed E-state index contributed by atoms with van der Waals surface area (Å²) < 4.78 is 10.3. The zero-order chi connectivity index (χ0) is 15.6. The highest BCUT2D eigenvalue weighted by atomic mass is 16.6. The molecule has 0 saturated carbocycles. The van der Waals surface area contributed by atoms with Gasteiger partial charge in [-0.3, -0.25) is 10.1 Å². The van der Waals surface area contributed by atoms with Crippen LogP contribution in [0, 0.1) is 10.1 Å². The van der Waals surface area contributed by atoms with E-state index in [9.17, 15) is 15.2 Å². The maximum atomic E-state index is 11.3. The smallest absolute Gasteiger partial charge is 0.296 e. The van der Waals surface area contributed by atoms with E-state index >= 15 is 0 Å². The van der Waals surface area contributed by atoms with Gasteiger partial charge in [-0.05, 0) is 19.8 Å². The van der Waals surface area contributed by atoms with E-state index in [-0.39, 0.29) is 5.69 Å². The van der Waals surface area contributed by atoms with Gasteiger partial charge in [0.2, 0.25) is 0 Å². The summed E-state index contributed by atoms with van der Waals surface area (Å²) in [5.74, 6) is 0.750. The van der Waals surface area contributed by atoms with Gasteiger partial charge in [0.15, 0.2) is 11.5 Å². The Morgan fingerprint density at radius 2 is 1.95 bits per heavy atom. The minimum absolute atomic E-state index is 0.0506. The highest BCUT2D eigenvalue weighted by molar-refractivity contribution is 5.70. The largest absolute Gasteiger partial charge is 0.493 e. The molecule has 1 saturated heterocycles. The summed E-state index contributed by atoms with van der Waals surface area (Å²) in [6.45, 7) is 2.75. The van der Waals surface area contributed by atoms with Crippen molar-refractivity contribution in [2.24, 2.45) is 0 Å². The van der Waals surface area contributed by atoms with Gasteiger partial charge in [0.05, 0.1) is 30.8 Å². The lowest BCUT2D eigenvalue weighted by Gasteiger charge is -2.38. The summed E-state index contributed by atoms with van der Waals surface area (Å²) in [7, 11) is 2.92. The van der Waals surface area contributed by atoms with Crippen molar-refractivity contribution in [2.75, 3.05) is 32.2 Å². The molecule has 2 rings (SSSR count). The Morgan fingerprint density at radius 1 is 1.33 bits per heavy atom. The van der Waals surface area contributed by atoms with Gasteiger partial charge in [0.1, 0.15) is 5.69 Å². The molecule has 1 fully saturated rings. The van der Waals surface area contributed by atoms with Crippen LogP contribution in [-0.2, 0) is 0 Å². The van der Waals surface area contributed by atoms with Gasteiger partial charge in [-0.25, -0.2) is 0 Å². The monoisotopic (exact) mass is 296 g/mol. The van der Waals surface area contributed by atoms with Crippen LogP contribution in [0.3, 0.4) is 0 Å². The maximum absolute atomic E-state index is 11.3. The third-order valence-corrected chi connectivity index (χ3v) is 3.69. The van der Waals surface area contributed by atoms with E-state index in [1.165, 1.54) is 20.3 Å². The van der Waals surface area contributed by atoms with E-state index in [2.05, 4.69) is 0 Å². The summed E-state index contributed by atoms with van der Waals surface area (Å²) in [5.41, 5.74) is -0.456. The van der Waals surface area contributed by atoms with Crippen molar-refractivity contribution >= 4 is 11.4 Å². The first-order valence-corrected chi connectivity index (χ1v) is 6.75. The zero-order valence-electron chi connectivity index (χ0n) is 12.5. The van der Waals surface area contributed by atoms with E-state index in [0.29, 0.717) is 36.7 Å². The van der Waals surface area contributed by atoms with Crippen molar-refractivity contribution in [1.82, 2.24) is 0 Å². The van der Waals surface area contributed by atoms with Gasteiger partial charge in [-0.15, -0.1) is 0 Å². The number of nitro groups is 1. The van der Waals surface area contributed by atoms with Crippen molar-refractivity contribution in [1.29, 1.82) is 0 Å². The Labute approximate surface area is 123 Å². The number of ether oxygens (including phenoxy) is 2. The molecule has 0 aromatic heterocycles. The molecule has 0 amide bonds. The van der Waals surface area contributed by atoms with Crippen LogP contribution in [0.4, 0.5) is 11.4 Å². The Bertz CT molecular complexity index is 544. The van der Waals surface area contributed by atoms with Crippen LogP contribution in [0.1, 0.15) is 19.8 Å². The van der Waals surface area contributed by atoms with Crippen molar-refractivity contribution in [3.8, 4) is 11.5 Å². The Morgan fingerprint density at radius 3 is 2.48 bits per heavy atom. The SMILES string of the molecule is COc1cc(N2CCCC(C)(O)C2)c([N+](=O)[O-])cc1OC. The van der Waals surface area contributed by atoms with Crippen LogP contribution in [0.5, 0.6) is 11.5 Å². The first kappa shape index (κ1) is 15.4. The molecular formula is C14H20N2O5. The summed E-state index contributed by atoms with van der Waals surface area (Å²) in [6.07, 6.45) is 1.46. The molecule has 0 radical (unpaired) electrons. The lowest BCUT2D eigenvalue weighted by molar-refractivity contribution is -0.384. The third-order valence-electron chi connectivity index (χ3n) is 3.69. The van der Waals surface area contributed by atoms with Gasteiger partial charge >= 0.3 is 0 Å². The fourth-order valence-electron chi connectivity index (χ4n) is 2.68. The number of aliphatic hydroxyl groups is 1. The van der Waals surface area contributed by atoms with E-state index in [4.69, 9.17) is 9.47 Å². The number of β-amino-alcohol motifs (C(OH)–C–C–N with tert-alkyl or cyclic N) is 1. The second-order valence-corrected chi connectivity index (χ2v) is 5.48. The number of hydrogen-bond acceptors (Lipinski definition) is 6. The van der Waals surface area contributed by atoms with Gasteiger partial charge in [0.25, 0.3) is 5.69 Å². The van der Waals surface area contributed by atoms with E-state index < -0.39 is 10.5 Å². The molecule has 1 aromatic carbocycles. The third kappa shape index (κ3) is 3.18. The normalized spacial score (nSPS) is 22.0. The van der Waals surface area contributed by atoms with Crippen LogP contribution in [0.2, 0.25) is 0 Å². The number of benzene rings is 1. The predicted octanol–water partition coefficient (Wildman–Crippen LogP) is 1.96. The van der Waals surface area contributed by atoms with Gasteiger partial charge < -0.3 is 19.5 Å². The average Bonchev–Trinajstić information content (AvgIpc) is 2.44. The number of hydrogen-bond donors (Lipinski definition) is 1. The highest BCUT2D eigenvalue weighted by Gasteiger charge is 2.32. The second kappa shape index (κ2) is 5.77. The van der Waals surface area contributed by atoms with Crippen molar-refractivity contribution < 1.29 is 19.5 Å². The lowest BCUT2D eigenvalue weighted by Crippen LogP contribution is -2.46. The number of methoxy groups -OCH3 is 2. The van der Waals surface area contributed by atoms with Gasteiger partial charge in [-0.2, -0.15) is 0 Å². The fraction of sp³-hybridized carbons (Fsp3) is 0.571. The lowest BCUT2D eigenvalue weighted by atomic mass is 9.94. The predicted molar refractivity (Wildman–Crippen MR) is 78.3 cm³/mol. The summed E-state index contributed by atoms with van der Waals surface area (Å²) >= 11 is 0. The molecule has 0 aliphatic carbocycles. The Balaban J connectivity index is 2.48. The van der Waals surface area contributed by atoms with Gasteiger partial charge in [-0.1, -0.05) is 0 Å². The summed E-state index contributed by atoms with van der Waals surface area (Å²) in [6, 6.07) is 2.95. The zero-order valence-corrected chi connectivity index (χ0v) is 12.5. The summed E-state index contributed by atoms with van der Waals surface area (Å²) in [4.78, 5) is 12.7. The van der Waals surface area contributed by atoms with E-state index in [1.54, 1.807) is 13.0 Å². The first-order chi connectivity index (χ1) is 9.88. The standard InChI is InChI=1S/C14H20N2O5/c1-14(17)5-4-6-15(9-14)10-7-12(20-2)13(21-3)8-11(10)16(18)19/h7-8,17H,4-6,9H2,1-3H3. The maximum Gasteiger partial charge on any atom is 0.296 e. The number of nitrogens with zero attached hydrogens (tertiary/aromatic N) is 2. The Kier molecular flexibility index (Phi) is 4.22. The molecule has 21 heavy (non-hydrogen) atoms. The summed E-state index contributed by atoms with van der Waals surface area (Å²) in [5, 5.41) is 21.5. The van der Waals surface area contributed by atoms with Crippen LogP contribution in [0.25, 0.3) is 0 Å². The minimum Gasteiger partial charge on any atom is -0.493 e. The van der Waals surface area contributed by atoms with Crippen LogP contribution in [-0.4, -0.2) is 42.9 Å². The average molecular weight is 296 g/mol. The van der Waals surface area contributed by atoms with Crippen LogP contribution < -0.4 is 14.4 Å². The molecule has 1 aliphatic rings. The first-order valence-electron chi connectivity index (χ1n) is 6.75. The number of rotatable bonds is 4. The van der Waals surface area contributed by atoms with Crippen molar-refractivity contribution in [2.45, 2.75) is 25.4 Å². The van der Waals surface area contributed by atoms with Crippen molar-refractivity contribution in [3.05, 3.63) is 22.2 Å². The number of nitro benzene ring substituents is 1. The molecular weight excluding hydrogens is 276 g/mol. The number of anilines is 1. The minimum atomic E-state index is -0.848. The molecule has 0 bridgehead atoms. The molecule has 1 unspecified atom stereocenters. The molecule has 1 N–H and O–H groups in total. The van der Waals surface area contributed by atoms with E-state index in [0.717, 1.165) is 6.42 Å². The quantitative estimate of drug-likeness (QED) is 0.675.